The number of fused-ring (bicyclic) bond motifs is 1. The summed E-state index contributed by atoms with van der Waals surface area (Å²) >= 11 is 0. The van der Waals surface area contributed by atoms with Crippen LogP contribution in [-0.4, -0.2) is 20.9 Å². The zero-order valence-corrected chi connectivity index (χ0v) is 12.5. The van der Waals surface area contributed by atoms with Crippen molar-refractivity contribution >= 4 is 22.8 Å². The van der Waals surface area contributed by atoms with Crippen molar-refractivity contribution in [1.82, 2.24) is 15.0 Å². The van der Waals surface area contributed by atoms with Gasteiger partial charge in [-0.2, -0.15) is 0 Å². The first-order valence-corrected chi connectivity index (χ1v) is 7.37. The first kappa shape index (κ1) is 14.3. The molecule has 0 bridgehead atoms. The second kappa shape index (κ2) is 6.39. The first-order valence-electron chi connectivity index (χ1n) is 7.37. The van der Waals surface area contributed by atoms with Gasteiger partial charge in [0.05, 0.1) is 11.0 Å². The summed E-state index contributed by atoms with van der Waals surface area (Å²) in [5.41, 5.74) is 3.07. The minimum atomic E-state index is -0.0209. The summed E-state index contributed by atoms with van der Waals surface area (Å²) in [5.74, 6) is 1.49. The van der Waals surface area contributed by atoms with E-state index in [0.717, 1.165) is 35.3 Å². The van der Waals surface area contributed by atoms with Gasteiger partial charge in [-0.25, -0.2) is 9.97 Å². The molecule has 0 fully saturated rings. The Morgan fingerprint density at radius 1 is 1.23 bits per heavy atom. The van der Waals surface area contributed by atoms with Gasteiger partial charge < -0.3 is 10.3 Å². The van der Waals surface area contributed by atoms with Crippen molar-refractivity contribution in [3.05, 3.63) is 54.0 Å². The average molecular weight is 294 g/mol. The number of imidazole rings is 1. The number of rotatable bonds is 5. The highest BCUT2D eigenvalue weighted by molar-refractivity contribution is 5.89. The van der Waals surface area contributed by atoms with E-state index in [-0.39, 0.29) is 5.91 Å². The summed E-state index contributed by atoms with van der Waals surface area (Å²) in [4.78, 5) is 23.8. The van der Waals surface area contributed by atoms with Crippen LogP contribution in [0.15, 0.2) is 42.6 Å². The molecule has 0 saturated carbocycles. The number of hydrogen-bond acceptors (Lipinski definition) is 3. The number of pyridine rings is 1. The Kier molecular flexibility index (Phi) is 4.14. The van der Waals surface area contributed by atoms with Gasteiger partial charge in [0.2, 0.25) is 5.91 Å². The van der Waals surface area contributed by atoms with Gasteiger partial charge in [-0.1, -0.05) is 18.2 Å². The molecule has 5 nitrogen and oxygen atoms in total. The highest BCUT2D eigenvalue weighted by atomic mass is 16.1. The van der Waals surface area contributed by atoms with Crippen molar-refractivity contribution in [2.45, 2.75) is 26.2 Å². The lowest BCUT2D eigenvalue weighted by Gasteiger charge is -2.04. The maximum atomic E-state index is 11.9. The third-order valence-corrected chi connectivity index (χ3v) is 3.43. The third-order valence-electron chi connectivity index (χ3n) is 3.43. The Hall–Kier alpha value is -2.69. The number of aromatic nitrogens is 3. The molecule has 0 atom stereocenters. The molecule has 3 aromatic rings. The molecule has 0 radical (unpaired) electrons. The third kappa shape index (κ3) is 3.49. The Morgan fingerprint density at radius 2 is 2.09 bits per heavy atom. The van der Waals surface area contributed by atoms with Crippen molar-refractivity contribution in [2.24, 2.45) is 0 Å². The number of H-pyrrole nitrogens is 1. The summed E-state index contributed by atoms with van der Waals surface area (Å²) in [6, 6.07) is 11.7. The van der Waals surface area contributed by atoms with Crippen LogP contribution in [0.1, 0.15) is 24.2 Å². The second-order valence-electron chi connectivity index (χ2n) is 5.32. The number of aryl methyl sites for hydroxylation is 2. The molecule has 112 valence electrons. The van der Waals surface area contributed by atoms with E-state index in [1.165, 1.54) is 0 Å². The van der Waals surface area contributed by atoms with Crippen LogP contribution in [0.5, 0.6) is 0 Å². The molecule has 0 spiro atoms. The van der Waals surface area contributed by atoms with Crippen LogP contribution in [0, 0.1) is 6.92 Å². The number of nitrogens with zero attached hydrogens (tertiary/aromatic N) is 2. The fraction of sp³-hybridized carbons (Fsp3) is 0.235. The lowest BCUT2D eigenvalue weighted by Crippen LogP contribution is -2.12. The van der Waals surface area contributed by atoms with Crippen LogP contribution < -0.4 is 5.32 Å². The molecule has 2 aromatic heterocycles. The summed E-state index contributed by atoms with van der Waals surface area (Å²) in [7, 11) is 0. The van der Waals surface area contributed by atoms with Gasteiger partial charge in [-0.3, -0.25) is 4.79 Å². The predicted molar refractivity (Wildman–Crippen MR) is 86.6 cm³/mol. The van der Waals surface area contributed by atoms with Crippen molar-refractivity contribution in [3.63, 3.8) is 0 Å². The number of anilines is 1. The number of hydrogen-bond donors (Lipinski definition) is 2. The van der Waals surface area contributed by atoms with E-state index < -0.39 is 0 Å². The summed E-state index contributed by atoms with van der Waals surface area (Å²) in [6.07, 6.45) is 3.69. The number of aromatic amines is 1. The fourth-order valence-corrected chi connectivity index (χ4v) is 2.29. The average Bonchev–Trinajstić information content (AvgIpc) is 2.92. The summed E-state index contributed by atoms with van der Waals surface area (Å²) in [6.45, 7) is 1.96. The van der Waals surface area contributed by atoms with E-state index in [9.17, 15) is 4.79 Å². The summed E-state index contributed by atoms with van der Waals surface area (Å²) < 4.78 is 0. The smallest absolute Gasteiger partial charge is 0.225 e. The molecule has 22 heavy (non-hydrogen) atoms. The monoisotopic (exact) mass is 294 g/mol. The minimum Gasteiger partial charge on any atom is -0.342 e. The molecule has 3 rings (SSSR count). The maximum absolute atomic E-state index is 11.9. The Labute approximate surface area is 128 Å². The second-order valence-corrected chi connectivity index (χ2v) is 5.32. The van der Waals surface area contributed by atoms with Crippen molar-refractivity contribution in [2.75, 3.05) is 5.32 Å². The van der Waals surface area contributed by atoms with Crippen molar-refractivity contribution in [3.8, 4) is 0 Å². The zero-order chi connectivity index (χ0) is 15.4. The van der Waals surface area contributed by atoms with Crippen LogP contribution in [-0.2, 0) is 11.2 Å². The van der Waals surface area contributed by atoms with Crippen LogP contribution >= 0.6 is 0 Å². The van der Waals surface area contributed by atoms with Crippen molar-refractivity contribution in [1.29, 1.82) is 0 Å². The normalized spacial score (nSPS) is 10.8. The SMILES string of the molecule is Cc1ccc(NC(=O)CCCc2nc3ccccc3[nH]2)nc1. The Balaban J connectivity index is 1.49. The molecule has 0 saturated heterocycles. The van der Waals surface area contributed by atoms with Crippen LogP contribution in [0.3, 0.4) is 0 Å². The van der Waals surface area contributed by atoms with Gasteiger partial charge in [0, 0.05) is 19.0 Å². The highest BCUT2D eigenvalue weighted by Crippen LogP contribution is 2.12. The van der Waals surface area contributed by atoms with Crippen LogP contribution in [0.2, 0.25) is 0 Å². The van der Waals surface area contributed by atoms with Gasteiger partial charge in [0.1, 0.15) is 11.6 Å². The van der Waals surface area contributed by atoms with E-state index >= 15 is 0 Å². The lowest BCUT2D eigenvalue weighted by atomic mass is 10.2. The molecule has 0 aliphatic rings. The standard InChI is InChI=1S/C17H18N4O/c1-12-9-10-15(18-11-12)21-17(22)8-4-7-16-19-13-5-2-3-6-14(13)20-16/h2-3,5-6,9-11H,4,7-8H2,1H3,(H,19,20)(H,18,21,22). The van der Waals surface area contributed by atoms with Crippen LogP contribution in [0.25, 0.3) is 11.0 Å². The largest absolute Gasteiger partial charge is 0.342 e. The fourth-order valence-electron chi connectivity index (χ4n) is 2.29. The lowest BCUT2D eigenvalue weighted by molar-refractivity contribution is -0.116. The highest BCUT2D eigenvalue weighted by Gasteiger charge is 2.06. The first-order chi connectivity index (χ1) is 10.7. The van der Waals surface area contributed by atoms with Crippen LogP contribution in [0.4, 0.5) is 5.82 Å². The molecule has 2 N–H and O–H groups in total. The Morgan fingerprint density at radius 3 is 2.86 bits per heavy atom. The molecule has 5 heteroatoms. The zero-order valence-electron chi connectivity index (χ0n) is 12.5. The number of amides is 1. The molecule has 1 amide bonds. The molecule has 2 heterocycles. The maximum Gasteiger partial charge on any atom is 0.225 e. The number of benzene rings is 1. The number of carbonyl (C=O) groups is 1. The quantitative estimate of drug-likeness (QED) is 0.759. The van der Waals surface area contributed by atoms with Gasteiger partial charge >= 0.3 is 0 Å². The predicted octanol–water partition coefficient (Wildman–Crippen LogP) is 3.23. The van der Waals surface area contributed by atoms with Crippen molar-refractivity contribution < 1.29 is 4.79 Å². The molecule has 1 aromatic carbocycles. The van der Waals surface area contributed by atoms with E-state index in [2.05, 4.69) is 20.3 Å². The van der Waals surface area contributed by atoms with E-state index in [1.54, 1.807) is 6.20 Å². The van der Waals surface area contributed by atoms with Gasteiger partial charge in [-0.15, -0.1) is 0 Å². The summed E-state index contributed by atoms with van der Waals surface area (Å²) in [5, 5.41) is 2.80. The molecular weight excluding hydrogens is 276 g/mol. The number of nitrogens with one attached hydrogen (secondary N) is 2. The molecule has 0 aliphatic heterocycles. The van der Waals surface area contributed by atoms with Gasteiger partial charge in [0.15, 0.2) is 0 Å². The van der Waals surface area contributed by atoms with Gasteiger partial charge in [0.25, 0.3) is 0 Å². The van der Waals surface area contributed by atoms with E-state index in [1.807, 2.05) is 43.3 Å². The number of para-hydroxylation sites is 2. The van der Waals surface area contributed by atoms with E-state index in [0.29, 0.717) is 12.2 Å². The Bertz CT molecular complexity index is 744. The minimum absolute atomic E-state index is 0.0209. The number of carbonyl (C=O) groups excluding carboxylic acids is 1. The van der Waals surface area contributed by atoms with Gasteiger partial charge in [-0.05, 0) is 37.1 Å². The topological polar surface area (TPSA) is 70.7 Å². The molecule has 0 unspecified atom stereocenters. The van der Waals surface area contributed by atoms with E-state index in [4.69, 9.17) is 0 Å². The molecular formula is C17H18N4O. The molecule has 0 aliphatic carbocycles.